The molecule has 0 radical (unpaired) electrons. The Hall–Kier alpha value is -3.31. The number of hydrogen-bond acceptors (Lipinski definition) is 8. The molecule has 2 aliphatic rings. The molecule has 11 heteroatoms. The zero-order chi connectivity index (χ0) is 24.6. The number of hydrogen-bond donors (Lipinski definition) is 2. The third-order valence-corrected chi connectivity index (χ3v) is 5.79. The van der Waals surface area contributed by atoms with E-state index in [1.54, 1.807) is 26.1 Å². The summed E-state index contributed by atoms with van der Waals surface area (Å²) in [5, 5.41) is 13.6. The fourth-order valence-corrected chi connectivity index (χ4v) is 4.17. The molecule has 1 aromatic heterocycles. The number of aromatic nitrogens is 1. The highest BCUT2D eigenvalue weighted by atomic mass is 19.3. The molecule has 1 amide bonds. The Morgan fingerprint density at radius 3 is 2.74 bits per heavy atom. The molecular weight excluding hydrogens is 452 g/mol. The van der Waals surface area contributed by atoms with E-state index >= 15 is 0 Å². The van der Waals surface area contributed by atoms with Crippen molar-refractivity contribution in [3.05, 3.63) is 53.3 Å². The standard InChI is InChI=1S/C23H25F2N3O6/c1-4-32-21(30)19-16(10-14-7-8-26-12(2)9-14)20(29)28(19)22(31)27-13(3)15-5-6-17-18(11-15)34-23(24,25)33-17/h5-9,11,13,16,19,22,27,31H,4,10H2,1-3H3/t13?,16-,19?,22?/m1/s1. The number of esters is 1. The van der Waals surface area contributed by atoms with Gasteiger partial charge in [-0.1, -0.05) is 6.07 Å². The Kier molecular flexibility index (Phi) is 6.41. The lowest BCUT2D eigenvalue weighted by Crippen LogP contribution is -2.70. The highest BCUT2D eigenvalue weighted by molar-refractivity contribution is 5.97. The SMILES string of the molecule is CCOC(=O)C1[C@@H](Cc2ccnc(C)c2)C(=O)N1C(O)NC(C)c1ccc2c(c1)OC(F)(F)O2. The first-order valence-corrected chi connectivity index (χ1v) is 10.8. The smallest absolute Gasteiger partial charge is 0.464 e. The Balaban J connectivity index is 1.47. The number of β-lactam (4-membered cyclic amide) rings is 1. The van der Waals surface area contributed by atoms with Crippen molar-refractivity contribution in [1.29, 1.82) is 0 Å². The molecule has 2 aliphatic heterocycles. The van der Waals surface area contributed by atoms with E-state index < -0.39 is 42.5 Å². The van der Waals surface area contributed by atoms with Crippen molar-refractivity contribution in [2.75, 3.05) is 6.61 Å². The second kappa shape index (κ2) is 9.15. The highest BCUT2D eigenvalue weighted by Crippen LogP contribution is 2.42. The number of carbonyl (C=O) groups is 2. The molecule has 0 bridgehead atoms. The third-order valence-electron chi connectivity index (χ3n) is 5.79. The minimum Gasteiger partial charge on any atom is -0.464 e. The second-order valence-electron chi connectivity index (χ2n) is 8.19. The summed E-state index contributed by atoms with van der Waals surface area (Å²) in [6.07, 6.45) is -3.33. The van der Waals surface area contributed by atoms with Crippen LogP contribution in [0.5, 0.6) is 11.5 Å². The fraction of sp³-hybridized carbons (Fsp3) is 0.435. The molecule has 0 aliphatic carbocycles. The molecule has 2 aromatic rings. The number of nitrogens with zero attached hydrogens (tertiary/aromatic N) is 2. The third kappa shape index (κ3) is 4.66. The monoisotopic (exact) mass is 477 g/mol. The van der Waals surface area contributed by atoms with Crippen molar-refractivity contribution < 1.29 is 37.7 Å². The number of aliphatic hydroxyl groups excluding tert-OH is 1. The molecule has 1 saturated heterocycles. The average molecular weight is 477 g/mol. The lowest BCUT2D eigenvalue weighted by Gasteiger charge is -2.48. The zero-order valence-corrected chi connectivity index (χ0v) is 18.8. The predicted molar refractivity (Wildman–Crippen MR) is 114 cm³/mol. The summed E-state index contributed by atoms with van der Waals surface area (Å²) in [4.78, 5) is 30.7. The van der Waals surface area contributed by atoms with E-state index in [4.69, 9.17) is 4.74 Å². The van der Waals surface area contributed by atoms with E-state index in [1.165, 1.54) is 18.2 Å². The molecule has 34 heavy (non-hydrogen) atoms. The first kappa shape index (κ1) is 23.8. The number of halogens is 2. The first-order valence-electron chi connectivity index (χ1n) is 10.8. The summed E-state index contributed by atoms with van der Waals surface area (Å²) in [5.74, 6) is -1.96. The topological polar surface area (TPSA) is 110 Å². The fourth-order valence-electron chi connectivity index (χ4n) is 4.17. The molecule has 4 atom stereocenters. The van der Waals surface area contributed by atoms with Gasteiger partial charge in [-0.3, -0.25) is 20.0 Å². The van der Waals surface area contributed by atoms with Crippen molar-refractivity contribution in [1.82, 2.24) is 15.2 Å². The number of alkyl halides is 2. The second-order valence-corrected chi connectivity index (χ2v) is 8.19. The number of likely N-dealkylation sites (tertiary alicyclic amines) is 1. The largest absolute Gasteiger partial charge is 0.586 e. The normalized spacial score (nSPS) is 22.2. The van der Waals surface area contributed by atoms with Gasteiger partial charge < -0.3 is 19.3 Å². The zero-order valence-electron chi connectivity index (χ0n) is 18.8. The van der Waals surface area contributed by atoms with Crippen molar-refractivity contribution in [3.63, 3.8) is 0 Å². The van der Waals surface area contributed by atoms with E-state index in [-0.39, 0.29) is 18.1 Å². The van der Waals surface area contributed by atoms with Crippen molar-refractivity contribution in [2.45, 2.75) is 51.9 Å². The number of aliphatic hydroxyl groups is 1. The van der Waals surface area contributed by atoms with Gasteiger partial charge in [-0.25, -0.2) is 4.79 Å². The molecule has 1 fully saturated rings. The van der Waals surface area contributed by atoms with Gasteiger partial charge in [0.05, 0.1) is 12.5 Å². The molecule has 0 saturated carbocycles. The summed E-state index contributed by atoms with van der Waals surface area (Å²) in [6.45, 7) is 5.28. The van der Waals surface area contributed by atoms with Gasteiger partial charge in [0.1, 0.15) is 6.04 Å². The van der Waals surface area contributed by atoms with Crippen LogP contribution in [-0.4, -0.2) is 52.2 Å². The molecule has 2 N–H and O–H groups in total. The van der Waals surface area contributed by atoms with E-state index in [0.29, 0.717) is 12.0 Å². The van der Waals surface area contributed by atoms with Crippen molar-refractivity contribution >= 4 is 11.9 Å². The molecule has 3 unspecified atom stereocenters. The van der Waals surface area contributed by atoms with Crippen LogP contribution in [0.2, 0.25) is 0 Å². The maximum absolute atomic E-state index is 13.3. The maximum atomic E-state index is 13.3. The van der Waals surface area contributed by atoms with Gasteiger partial charge in [0.25, 0.3) is 0 Å². The summed E-state index contributed by atoms with van der Waals surface area (Å²) < 4.78 is 40.6. The van der Waals surface area contributed by atoms with Crippen LogP contribution < -0.4 is 14.8 Å². The number of fused-ring (bicyclic) bond motifs is 1. The molecular formula is C23H25F2N3O6. The van der Waals surface area contributed by atoms with E-state index in [1.807, 2.05) is 13.0 Å². The number of nitrogens with one attached hydrogen (secondary N) is 1. The van der Waals surface area contributed by atoms with Crippen LogP contribution in [0.25, 0.3) is 0 Å². The van der Waals surface area contributed by atoms with E-state index in [9.17, 15) is 23.5 Å². The van der Waals surface area contributed by atoms with Gasteiger partial charge in [-0.2, -0.15) is 0 Å². The number of aryl methyl sites for hydroxylation is 1. The number of benzene rings is 1. The number of rotatable bonds is 8. The lowest BCUT2D eigenvalue weighted by molar-refractivity contribution is -0.286. The average Bonchev–Trinajstić information content (AvgIpc) is 3.08. The van der Waals surface area contributed by atoms with Crippen LogP contribution in [-0.2, 0) is 20.7 Å². The molecule has 3 heterocycles. The summed E-state index contributed by atoms with van der Waals surface area (Å²) in [7, 11) is 0. The van der Waals surface area contributed by atoms with Crippen LogP contribution in [0.4, 0.5) is 8.78 Å². The van der Waals surface area contributed by atoms with Crippen molar-refractivity contribution in [2.24, 2.45) is 5.92 Å². The number of ether oxygens (including phenoxy) is 3. The number of pyridine rings is 1. The Bertz CT molecular complexity index is 1100. The van der Waals surface area contributed by atoms with Gasteiger partial charge >= 0.3 is 12.3 Å². The molecule has 9 nitrogen and oxygen atoms in total. The first-order chi connectivity index (χ1) is 16.1. The predicted octanol–water partition coefficient (Wildman–Crippen LogP) is 2.27. The summed E-state index contributed by atoms with van der Waals surface area (Å²) in [6, 6.07) is 6.25. The Morgan fingerprint density at radius 2 is 2.03 bits per heavy atom. The van der Waals surface area contributed by atoms with Gasteiger partial charge in [0.2, 0.25) is 5.91 Å². The van der Waals surface area contributed by atoms with E-state index in [0.717, 1.165) is 16.2 Å². The van der Waals surface area contributed by atoms with Gasteiger partial charge in [0.15, 0.2) is 17.9 Å². The minimum atomic E-state index is -3.74. The summed E-state index contributed by atoms with van der Waals surface area (Å²) in [5.41, 5.74) is 2.13. The van der Waals surface area contributed by atoms with Gasteiger partial charge in [-0.05, 0) is 62.6 Å². The lowest BCUT2D eigenvalue weighted by atomic mass is 9.82. The van der Waals surface area contributed by atoms with Crippen LogP contribution in [0, 0.1) is 12.8 Å². The minimum absolute atomic E-state index is 0.101. The quantitative estimate of drug-likeness (QED) is 0.339. The van der Waals surface area contributed by atoms with E-state index in [2.05, 4.69) is 19.8 Å². The highest BCUT2D eigenvalue weighted by Gasteiger charge is 2.54. The number of amides is 1. The summed E-state index contributed by atoms with van der Waals surface area (Å²) >= 11 is 0. The van der Waals surface area contributed by atoms with Crippen LogP contribution in [0.15, 0.2) is 36.5 Å². The van der Waals surface area contributed by atoms with Gasteiger partial charge in [0, 0.05) is 17.9 Å². The van der Waals surface area contributed by atoms with Crippen LogP contribution in [0.1, 0.15) is 36.7 Å². The van der Waals surface area contributed by atoms with Crippen LogP contribution >= 0.6 is 0 Å². The molecule has 1 aromatic carbocycles. The maximum Gasteiger partial charge on any atom is 0.586 e. The molecule has 0 spiro atoms. The van der Waals surface area contributed by atoms with Gasteiger partial charge in [-0.15, -0.1) is 8.78 Å². The Labute approximate surface area is 194 Å². The molecule has 4 rings (SSSR count). The van der Waals surface area contributed by atoms with Crippen molar-refractivity contribution in [3.8, 4) is 11.5 Å². The molecule has 182 valence electrons. The Morgan fingerprint density at radius 1 is 1.29 bits per heavy atom. The number of carbonyl (C=O) groups excluding carboxylic acids is 2. The van der Waals surface area contributed by atoms with Crippen LogP contribution in [0.3, 0.4) is 0 Å².